The molecule has 2 heterocycles. The average Bonchev–Trinajstić information content (AvgIpc) is 2.37. The second-order valence-corrected chi connectivity index (χ2v) is 7.13. The summed E-state index contributed by atoms with van der Waals surface area (Å²) in [5.74, 6) is 0. The average molecular weight is 269 g/mol. The third-order valence-corrected chi connectivity index (χ3v) is 5.17. The minimum atomic E-state index is -0.248. The SMILES string of the molecule is CC1CCC=C(B2OC(C)(C)C(C)(C)O2)CN1P. The lowest BCUT2D eigenvalue weighted by Gasteiger charge is -2.32. The molecule has 0 bridgehead atoms. The van der Waals surface area contributed by atoms with Crippen molar-refractivity contribution in [1.29, 1.82) is 0 Å². The zero-order valence-corrected chi connectivity index (χ0v) is 13.3. The van der Waals surface area contributed by atoms with Crippen LogP contribution in [0.3, 0.4) is 0 Å². The maximum absolute atomic E-state index is 6.12. The van der Waals surface area contributed by atoms with Crippen molar-refractivity contribution in [3.8, 4) is 0 Å². The van der Waals surface area contributed by atoms with Crippen LogP contribution < -0.4 is 0 Å². The second-order valence-electron chi connectivity index (χ2n) is 6.47. The van der Waals surface area contributed by atoms with Gasteiger partial charge in [0.1, 0.15) is 0 Å². The third-order valence-electron chi connectivity index (χ3n) is 4.48. The molecule has 1 fully saturated rings. The highest BCUT2D eigenvalue weighted by Gasteiger charge is 2.52. The number of allylic oxidation sites excluding steroid dienone is 1. The lowest BCUT2D eigenvalue weighted by Crippen LogP contribution is -2.41. The number of rotatable bonds is 1. The zero-order chi connectivity index (χ0) is 13.6. The summed E-state index contributed by atoms with van der Waals surface area (Å²) in [6.07, 6.45) is 4.58. The highest BCUT2D eigenvalue weighted by Crippen LogP contribution is 2.39. The highest BCUT2D eigenvalue weighted by atomic mass is 31.0. The van der Waals surface area contributed by atoms with Gasteiger partial charge in [-0.1, -0.05) is 15.5 Å². The van der Waals surface area contributed by atoms with Crippen LogP contribution in [0.2, 0.25) is 0 Å². The van der Waals surface area contributed by atoms with E-state index in [0.717, 1.165) is 13.0 Å². The van der Waals surface area contributed by atoms with Gasteiger partial charge >= 0.3 is 7.12 Å². The lowest BCUT2D eigenvalue weighted by atomic mass is 9.77. The topological polar surface area (TPSA) is 21.7 Å². The minimum Gasteiger partial charge on any atom is -0.400 e. The van der Waals surface area contributed by atoms with Gasteiger partial charge in [0.05, 0.1) is 11.2 Å². The van der Waals surface area contributed by atoms with E-state index in [1.807, 2.05) is 0 Å². The van der Waals surface area contributed by atoms with Gasteiger partial charge in [-0.2, -0.15) is 0 Å². The first-order valence-electron chi connectivity index (χ1n) is 6.79. The van der Waals surface area contributed by atoms with Crippen LogP contribution in [0.1, 0.15) is 47.5 Å². The molecule has 18 heavy (non-hydrogen) atoms. The molecule has 0 amide bonds. The number of hydrogen-bond donors (Lipinski definition) is 0. The second kappa shape index (κ2) is 4.90. The Kier molecular flexibility index (Phi) is 3.95. The van der Waals surface area contributed by atoms with E-state index in [4.69, 9.17) is 9.31 Å². The van der Waals surface area contributed by atoms with E-state index in [1.165, 1.54) is 11.9 Å². The summed E-state index contributed by atoms with van der Waals surface area (Å²) in [4.78, 5) is 0. The number of nitrogens with zero attached hydrogens (tertiary/aromatic N) is 1. The Hall–Kier alpha value is 0.115. The van der Waals surface area contributed by atoms with E-state index in [9.17, 15) is 0 Å². The Bertz CT molecular complexity index is 341. The Morgan fingerprint density at radius 1 is 1.28 bits per heavy atom. The summed E-state index contributed by atoms with van der Waals surface area (Å²) in [6, 6.07) is 0.589. The van der Waals surface area contributed by atoms with E-state index in [-0.39, 0.29) is 18.3 Å². The van der Waals surface area contributed by atoms with Gasteiger partial charge in [-0.05, 0) is 52.9 Å². The van der Waals surface area contributed by atoms with E-state index in [0.29, 0.717) is 6.04 Å². The van der Waals surface area contributed by atoms with Crippen molar-refractivity contribution in [3.05, 3.63) is 11.5 Å². The van der Waals surface area contributed by atoms with Crippen LogP contribution in [0, 0.1) is 0 Å². The molecule has 2 unspecified atom stereocenters. The molecule has 0 spiro atoms. The van der Waals surface area contributed by atoms with Crippen LogP contribution in [0.15, 0.2) is 11.5 Å². The van der Waals surface area contributed by atoms with Gasteiger partial charge in [0.2, 0.25) is 0 Å². The predicted molar refractivity (Wildman–Crippen MR) is 79.3 cm³/mol. The van der Waals surface area contributed by atoms with Crippen molar-refractivity contribution in [3.63, 3.8) is 0 Å². The normalized spacial score (nSPS) is 32.2. The summed E-state index contributed by atoms with van der Waals surface area (Å²) in [5.41, 5.74) is 0.762. The monoisotopic (exact) mass is 269 g/mol. The summed E-state index contributed by atoms with van der Waals surface area (Å²) < 4.78 is 14.5. The van der Waals surface area contributed by atoms with Crippen molar-refractivity contribution in [1.82, 2.24) is 4.67 Å². The molecular formula is C13H25BNO2P. The molecule has 5 heteroatoms. The predicted octanol–water partition coefficient (Wildman–Crippen LogP) is 2.82. The summed E-state index contributed by atoms with van der Waals surface area (Å²) in [7, 11) is 2.63. The van der Waals surface area contributed by atoms with Crippen LogP contribution in [0.5, 0.6) is 0 Å². The fourth-order valence-electron chi connectivity index (χ4n) is 2.27. The quantitative estimate of drug-likeness (QED) is 0.539. The molecule has 0 N–H and O–H groups in total. The van der Waals surface area contributed by atoms with E-state index in [1.54, 1.807) is 0 Å². The fraction of sp³-hybridized carbons (Fsp3) is 0.846. The molecular weight excluding hydrogens is 244 g/mol. The Balaban J connectivity index is 2.12. The molecule has 3 nitrogen and oxygen atoms in total. The molecule has 0 radical (unpaired) electrons. The molecule has 102 valence electrons. The molecule has 0 saturated carbocycles. The van der Waals surface area contributed by atoms with Gasteiger partial charge < -0.3 is 9.31 Å². The molecule has 2 rings (SSSR count). The fourth-order valence-corrected chi connectivity index (χ4v) is 2.63. The van der Waals surface area contributed by atoms with Crippen LogP contribution in [-0.4, -0.2) is 35.6 Å². The van der Waals surface area contributed by atoms with E-state index >= 15 is 0 Å². The van der Waals surface area contributed by atoms with Gasteiger partial charge in [-0.15, -0.1) is 0 Å². The smallest absolute Gasteiger partial charge is 0.400 e. The highest BCUT2D eigenvalue weighted by molar-refractivity contribution is 7.13. The first kappa shape index (κ1) is 14.5. The van der Waals surface area contributed by atoms with Gasteiger partial charge in [0, 0.05) is 12.6 Å². The molecule has 0 aromatic rings. The van der Waals surface area contributed by atoms with Crippen molar-refractivity contribution in [2.24, 2.45) is 0 Å². The van der Waals surface area contributed by atoms with Crippen LogP contribution in [-0.2, 0) is 9.31 Å². The molecule has 2 atom stereocenters. The molecule has 2 aliphatic heterocycles. The molecule has 0 aliphatic carbocycles. The van der Waals surface area contributed by atoms with Crippen molar-refractivity contribution in [2.45, 2.75) is 64.7 Å². The Labute approximate surface area is 114 Å². The van der Waals surface area contributed by atoms with Crippen LogP contribution in [0.4, 0.5) is 0 Å². The first-order chi connectivity index (χ1) is 8.23. The maximum atomic E-state index is 6.12. The summed E-state index contributed by atoms with van der Waals surface area (Å²) in [6.45, 7) is 11.6. The molecule has 0 aromatic carbocycles. The standard InChI is InChI=1S/C13H25BNO2P/c1-10-7-6-8-11(9-15(10)18)14-16-12(2,3)13(4,5)17-14/h8,10H,6-7,9,18H2,1-5H3. The van der Waals surface area contributed by atoms with Gasteiger partial charge in [0.25, 0.3) is 0 Å². The lowest BCUT2D eigenvalue weighted by molar-refractivity contribution is 0.00578. The Morgan fingerprint density at radius 3 is 2.39 bits per heavy atom. The van der Waals surface area contributed by atoms with Gasteiger partial charge in [0.15, 0.2) is 0 Å². The minimum absolute atomic E-state index is 0.191. The maximum Gasteiger partial charge on any atom is 0.491 e. The zero-order valence-electron chi connectivity index (χ0n) is 12.2. The third kappa shape index (κ3) is 2.67. The van der Waals surface area contributed by atoms with E-state index < -0.39 is 0 Å². The van der Waals surface area contributed by atoms with Gasteiger partial charge in [-0.3, -0.25) is 4.67 Å². The summed E-state index contributed by atoms with van der Waals surface area (Å²) in [5, 5.41) is 0. The number of hydrogen-bond acceptors (Lipinski definition) is 3. The molecule has 2 aliphatic rings. The van der Waals surface area contributed by atoms with E-state index in [2.05, 4.69) is 54.8 Å². The first-order valence-corrected chi connectivity index (χ1v) is 7.30. The molecule has 1 saturated heterocycles. The largest absolute Gasteiger partial charge is 0.491 e. The van der Waals surface area contributed by atoms with Gasteiger partial charge in [-0.25, -0.2) is 0 Å². The van der Waals surface area contributed by atoms with Crippen LogP contribution in [0.25, 0.3) is 0 Å². The summed E-state index contributed by atoms with van der Waals surface area (Å²) >= 11 is 0. The van der Waals surface area contributed by atoms with Crippen molar-refractivity contribution in [2.75, 3.05) is 6.54 Å². The van der Waals surface area contributed by atoms with Crippen molar-refractivity contribution < 1.29 is 9.31 Å². The van der Waals surface area contributed by atoms with Crippen LogP contribution >= 0.6 is 9.39 Å². The van der Waals surface area contributed by atoms with Crippen molar-refractivity contribution >= 4 is 16.5 Å². The Morgan fingerprint density at radius 2 is 1.83 bits per heavy atom. The molecule has 0 aromatic heterocycles.